The van der Waals surface area contributed by atoms with Gasteiger partial charge in [-0.2, -0.15) is 0 Å². The van der Waals surface area contributed by atoms with Crippen molar-refractivity contribution in [3.63, 3.8) is 0 Å². The third kappa shape index (κ3) is 7.72. The fourth-order valence-electron chi connectivity index (χ4n) is 4.19. The number of carboxylic acids is 2. The number of hydrogen-bond acceptors (Lipinski definition) is 8. The van der Waals surface area contributed by atoms with Crippen molar-refractivity contribution in [3.8, 4) is 0 Å². The SMILES string of the molecule is N[C@@H](CCC[n+]1ccc(SCC2=C(C(=O)O)N3C(=O)[C@@H](NC(=O)CSc4cccc(I)c4)[C@H]3SC2)cc1)C(=O)O. The quantitative estimate of drug-likeness (QED) is 0.105. The molecule has 2 aromatic rings. The average molecular weight is 716 g/mol. The number of carbonyl (C=O) groups excluding carboxylic acids is 2. The van der Waals surface area contributed by atoms with Gasteiger partial charge in [0.25, 0.3) is 5.91 Å². The van der Waals surface area contributed by atoms with Gasteiger partial charge in [-0.15, -0.1) is 35.3 Å². The first-order chi connectivity index (χ1) is 19.1. The number of nitrogens with zero attached hydrogens (tertiary/aromatic N) is 2. The van der Waals surface area contributed by atoms with Crippen LogP contribution < -0.4 is 15.6 Å². The van der Waals surface area contributed by atoms with Crippen LogP contribution in [0.1, 0.15) is 12.8 Å². The Morgan fingerprint density at radius 3 is 2.60 bits per heavy atom. The molecule has 2 aliphatic heterocycles. The highest BCUT2D eigenvalue weighted by Gasteiger charge is 2.54. The number of benzene rings is 1. The van der Waals surface area contributed by atoms with Crippen molar-refractivity contribution in [1.29, 1.82) is 0 Å². The van der Waals surface area contributed by atoms with Crippen molar-refractivity contribution < 1.29 is 34.0 Å². The second kappa shape index (κ2) is 14.1. The van der Waals surface area contributed by atoms with E-state index in [-0.39, 0.29) is 17.4 Å². The van der Waals surface area contributed by atoms with E-state index < -0.39 is 35.3 Å². The van der Waals surface area contributed by atoms with Gasteiger partial charge in [-0.3, -0.25) is 19.3 Å². The van der Waals surface area contributed by atoms with Crippen LogP contribution in [0.15, 0.2) is 69.9 Å². The van der Waals surface area contributed by atoms with Crippen molar-refractivity contribution >= 4 is 81.6 Å². The molecule has 3 atom stereocenters. The molecule has 2 amide bonds. The van der Waals surface area contributed by atoms with Crippen LogP contribution in [0.25, 0.3) is 0 Å². The van der Waals surface area contributed by atoms with Crippen LogP contribution in [-0.2, 0) is 25.7 Å². The molecule has 1 fully saturated rings. The van der Waals surface area contributed by atoms with Crippen LogP contribution >= 0.6 is 57.9 Å². The van der Waals surface area contributed by atoms with Crippen molar-refractivity contribution in [2.24, 2.45) is 5.73 Å². The summed E-state index contributed by atoms with van der Waals surface area (Å²) in [5.74, 6) is -1.82. The molecule has 212 valence electrons. The topological polar surface area (TPSA) is 154 Å². The summed E-state index contributed by atoms with van der Waals surface area (Å²) in [5, 5.41) is 21.1. The van der Waals surface area contributed by atoms with Crippen LogP contribution in [0.2, 0.25) is 0 Å². The molecule has 5 N–H and O–H groups in total. The van der Waals surface area contributed by atoms with Crippen molar-refractivity contribution in [2.45, 2.75) is 46.6 Å². The van der Waals surface area contributed by atoms with Gasteiger partial charge in [-0.05, 0) is 52.8 Å². The Labute approximate surface area is 257 Å². The molecular formula is C26H28IN4O6S3+. The molecule has 0 radical (unpaired) electrons. The van der Waals surface area contributed by atoms with Crippen LogP contribution in [0.5, 0.6) is 0 Å². The summed E-state index contributed by atoms with van der Waals surface area (Å²) in [7, 11) is 0. The Balaban J connectivity index is 1.30. The van der Waals surface area contributed by atoms with Crippen molar-refractivity contribution in [3.05, 3.63) is 63.6 Å². The number of thioether (sulfide) groups is 3. The van der Waals surface area contributed by atoms with Gasteiger partial charge in [0, 0.05) is 43.4 Å². The number of nitrogens with one attached hydrogen (secondary N) is 1. The smallest absolute Gasteiger partial charge is 0.352 e. The molecule has 0 unspecified atom stereocenters. The Morgan fingerprint density at radius 2 is 1.93 bits per heavy atom. The Hall–Kier alpha value is -2.27. The van der Waals surface area contributed by atoms with Crippen LogP contribution in [0.3, 0.4) is 0 Å². The molecule has 3 heterocycles. The number of fused-ring (bicyclic) bond motifs is 1. The number of aliphatic carboxylic acids is 2. The first kappa shape index (κ1) is 30.7. The largest absolute Gasteiger partial charge is 0.480 e. The summed E-state index contributed by atoms with van der Waals surface area (Å²) in [4.78, 5) is 51.6. The van der Waals surface area contributed by atoms with E-state index in [1.165, 1.54) is 40.2 Å². The van der Waals surface area contributed by atoms with Crippen molar-refractivity contribution in [1.82, 2.24) is 10.2 Å². The number of aryl methyl sites for hydroxylation is 1. The van der Waals surface area contributed by atoms with E-state index in [0.29, 0.717) is 36.5 Å². The maximum atomic E-state index is 12.9. The molecule has 0 spiro atoms. The number of aromatic nitrogens is 1. The lowest BCUT2D eigenvalue weighted by molar-refractivity contribution is -0.697. The number of nitrogens with two attached hydrogens (primary N) is 1. The molecular weight excluding hydrogens is 687 g/mol. The lowest BCUT2D eigenvalue weighted by Crippen LogP contribution is -2.70. The van der Waals surface area contributed by atoms with Gasteiger partial charge in [0.2, 0.25) is 5.91 Å². The zero-order valence-electron chi connectivity index (χ0n) is 21.2. The number of pyridine rings is 1. The third-order valence-corrected chi connectivity index (χ3v) is 10.4. The molecule has 1 aromatic carbocycles. The molecule has 14 heteroatoms. The van der Waals surface area contributed by atoms with Gasteiger partial charge < -0.3 is 21.3 Å². The molecule has 0 saturated carbocycles. The number of amides is 2. The van der Waals surface area contributed by atoms with Gasteiger partial charge in [0.1, 0.15) is 29.7 Å². The van der Waals surface area contributed by atoms with E-state index >= 15 is 0 Å². The van der Waals surface area contributed by atoms with Gasteiger partial charge in [0.05, 0.1) is 5.75 Å². The Kier molecular flexibility index (Phi) is 10.8. The molecule has 2 aliphatic rings. The van der Waals surface area contributed by atoms with E-state index in [1.54, 1.807) is 0 Å². The molecule has 10 nitrogen and oxygen atoms in total. The maximum Gasteiger partial charge on any atom is 0.352 e. The number of carboxylic acid groups (broad SMARTS) is 2. The monoisotopic (exact) mass is 715 g/mol. The summed E-state index contributed by atoms with van der Waals surface area (Å²) >= 11 is 6.52. The molecule has 1 aromatic heterocycles. The highest BCUT2D eigenvalue weighted by molar-refractivity contribution is 14.1. The minimum atomic E-state index is -1.15. The van der Waals surface area contributed by atoms with Crippen molar-refractivity contribution in [2.75, 3.05) is 17.3 Å². The second-order valence-electron chi connectivity index (χ2n) is 9.11. The molecule has 40 heavy (non-hydrogen) atoms. The summed E-state index contributed by atoms with van der Waals surface area (Å²) in [5.41, 5.74) is 6.20. The van der Waals surface area contributed by atoms with Gasteiger partial charge in [-0.25, -0.2) is 9.36 Å². The maximum absolute atomic E-state index is 12.9. The summed E-state index contributed by atoms with van der Waals surface area (Å²) in [6.07, 6.45) is 4.79. The number of carbonyl (C=O) groups is 4. The van der Waals surface area contributed by atoms with Gasteiger partial charge in [0.15, 0.2) is 12.4 Å². The number of halogens is 1. The van der Waals surface area contributed by atoms with Crippen LogP contribution in [-0.4, -0.2) is 73.6 Å². The average Bonchev–Trinajstić information content (AvgIpc) is 2.93. The van der Waals surface area contributed by atoms with E-state index in [1.807, 2.05) is 53.4 Å². The molecule has 4 rings (SSSR count). The first-order valence-corrected chi connectivity index (χ1v) is 16.4. The summed E-state index contributed by atoms with van der Waals surface area (Å²) in [6.45, 7) is 0.636. The number of rotatable bonds is 13. The predicted octanol–water partition coefficient (Wildman–Crippen LogP) is 2.39. The van der Waals surface area contributed by atoms with Gasteiger partial charge >= 0.3 is 11.9 Å². The highest BCUT2D eigenvalue weighted by Crippen LogP contribution is 2.41. The van der Waals surface area contributed by atoms with E-state index in [2.05, 4.69) is 27.9 Å². The molecule has 0 aliphatic carbocycles. The number of hydrogen-bond donors (Lipinski definition) is 4. The summed E-state index contributed by atoms with van der Waals surface area (Å²) < 4.78 is 3.01. The highest BCUT2D eigenvalue weighted by atomic mass is 127. The minimum Gasteiger partial charge on any atom is -0.480 e. The molecule has 1 saturated heterocycles. The fourth-order valence-corrected chi connectivity index (χ4v) is 8.08. The third-order valence-electron chi connectivity index (χ3n) is 6.25. The zero-order valence-corrected chi connectivity index (χ0v) is 25.8. The zero-order chi connectivity index (χ0) is 28.8. The summed E-state index contributed by atoms with van der Waals surface area (Å²) in [6, 6.07) is 10.00. The second-order valence-corrected chi connectivity index (χ2v) is 13.6. The molecule has 0 bridgehead atoms. The van der Waals surface area contributed by atoms with Gasteiger partial charge in [-0.1, -0.05) is 6.07 Å². The minimum absolute atomic E-state index is 0.000694. The predicted molar refractivity (Wildman–Crippen MR) is 162 cm³/mol. The van der Waals surface area contributed by atoms with E-state index in [0.717, 1.165) is 13.4 Å². The Morgan fingerprint density at radius 1 is 1.18 bits per heavy atom. The van der Waals surface area contributed by atoms with E-state index in [9.17, 15) is 24.3 Å². The standard InChI is InChI=1S/C26H27IN4O6S3/c27-16-3-1-4-18(11-16)39-14-20(32)29-21-23(33)31-22(26(36)37)15(13-40-24(21)31)12-38-17-6-9-30(10-7-17)8-2-5-19(28)25(34)35/h1,3-4,6-7,9-11,19,21,24H,2,5,8,12-14,28H2,(H2-,29,32,34,35,36,37)/p+1/t19-,21+,24+/m0/s1. The lowest BCUT2D eigenvalue weighted by Gasteiger charge is -2.49. The van der Waals surface area contributed by atoms with Crippen LogP contribution in [0, 0.1) is 3.57 Å². The van der Waals surface area contributed by atoms with Crippen LogP contribution in [0.4, 0.5) is 0 Å². The fraction of sp³-hybridized carbons (Fsp3) is 0.346. The lowest BCUT2D eigenvalue weighted by atomic mass is 10.0. The van der Waals surface area contributed by atoms with E-state index in [4.69, 9.17) is 10.8 Å². The first-order valence-electron chi connectivity index (χ1n) is 12.3. The number of β-lactam (4-membered cyclic amide) rings is 1. The Bertz CT molecular complexity index is 1330. The normalized spacial score (nSPS) is 19.1.